The largest absolute Gasteiger partial charge is 0.508 e. The van der Waals surface area contributed by atoms with Gasteiger partial charge in [-0.05, 0) is 96.7 Å². The highest BCUT2D eigenvalue weighted by molar-refractivity contribution is 5.95. The Labute approximate surface area is 289 Å². The van der Waals surface area contributed by atoms with E-state index in [0.717, 1.165) is 85.1 Å². The normalized spacial score (nSPS) is 23.3. The van der Waals surface area contributed by atoms with E-state index in [1.165, 1.54) is 12.8 Å². The number of likely N-dealkylation sites (tertiary alicyclic amines) is 1. The number of carbonyl (C=O) groups is 1. The van der Waals surface area contributed by atoms with E-state index >= 15 is 0 Å². The molecule has 0 saturated carbocycles. The van der Waals surface area contributed by atoms with E-state index in [4.69, 9.17) is 14.5 Å². The molecule has 2 bridgehead atoms. The van der Waals surface area contributed by atoms with Crippen LogP contribution in [0.1, 0.15) is 82.4 Å². The molecular weight excluding hydrogens is 616 g/mol. The number of aromatic hydroxyl groups is 1. The van der Waals surface area contributed by atoms with Crippen LogP contribution in [-0.4, -0.2) is 88.5 Å². The van der Waals surface area contributed by atoms with Crippen molar-refractivity contribution in [3.05, 3.63) is 53.1 Å². The van der Waals surface area contributed by atoms with Gasteiger partial charge in [0.15, 0.2) is 0 Å². The minimum atomic E-state index is -0.552. The minimum Gasteiger partial charge on any atom is -0.508 e. The molecule has 0 aliphatic carbocycles. The Bertz CT molecular complexity index is 1790. The van der Waals surface area contributed by atoms with Crippen molar-refractivity contribution in [3.8, 4) is 17.7 Å². The van der Waals surface area contributed by atoms with Crippen LogP contribution in [0.4, 0.5) is 16.3 Å². The fourth-order valence-corrected chi connectivity index (χ4v) is 9.36. The van der Waals surface area contributed by atoms with Crippen molar-refractivity contribution >= 4 is 28.4 Å². The Balaban J connectivity index is 1.19. The number of rotatable bonds is 5. The van der Waals surface area contributed by atoms with Crippen molar-refractivity contribution in [1.29, 1.82) is 5.26 Å². The van der Waals surface area contributed by atoms with E-state index in [2.05, 4.69) is 26.8 Å². The number of hydrogen-bond acceptors (Lipinski definition) is 9. The zero-order valence-corrected chi connectivity index (χ0v) is 29.1. The van der Waals surface area contributed by atoms with Gasteiger partial charge in [-0.15, -0.1) is 0 Å². The number of nitriles is 1. The van der Waals surface area contributed by atoms with Crippen LogP contribution in [0, 0.1) is 11.3 Å². The Morgan fingerprint density at radius 2 is 1.78 bits per heavy atom. The number of ether oxygens (including phenoxy) is 2. The molecule has 10 heteroatoms. The summed E-state index contributed by atoms with van der Waals surface area (Å²) in [4.78, 5) is 27.7. The van der Waals surface area contributed by atoms with Crippen LogP contribution in [-0.2, 0) is 17.7 Å². The van der Waals surface area contributed by atoms with Gasteiger partial charge in [-0.25, -0.2) is 4.79 Å². The van der Waals surface area contributed by atoms with E-state index in [1.807, 2.05) is 49.9 Å². The molecule has 3 aromatic rings. The fraction of sp³-hybridized carbons (Fsp3) is 0.564. The van der Waals surface area contributed by atoms with Gasteiger partial charge in [0.05, 0.1) is 5.54 Å². The molecule has 1 aromatic heterocycles. The number of aromatic nitrogens is 1. The predicted octanol–water partition coefficient (Wildman–Crippen LogP) is 6.36. The zero-order chi connectivity index (χ0) is 33.9. The number of phenols is 1. The van der Waals surface area contributed by atoms with Crippen molar-refractivity contribution in [2.45, 2.75) is 102 Å². The van der Waals surface area contributed by atoms with E-state index in [1.54, 1.807) is 6.07 Å². The summed E-state index contributed by atoms with van der Waals surface area (Å²) in [5, 5.41) is 23.5. The van der Waals surface area contributed by atoms with Gasteiger partial charge in [-0.1, -0.05) is 24.3 Å². The number of nitrogens with zero attached hydrogens (tertiary/aromatic N) is 6. The number of hydrogen-bond donors (Lipinski definition) is 1. The average Bonchev–Trinajstić information content (AvgIpc) is 3.65. The van der Waals surface area contributed by atoms with Crippen LogP contribution in [0.3, 0.4) is 0 Å². The lowest BCUT2D eigenvalue weighted by atomic mass is 9.88. The SMILES string of the molecule is CC(C)(C)OC(=O)N1C[C@H]2CCC[C@@H](C1)N2c1nc(OCC23CCCN2CCC3)c(C#N)c2c1CCN(c1cc(O)cc3ccccc13)C2. The van der Waals surface area contributed by atoms with E-state index in [-0.39, 0.29) is 29.5 Å². The van der Waals surface area contributed by atoms with Crippen LogP contribution >= 0.6 is 0 Å². The summed E-state index contributed by atoms with van der Waals surface area (Å²) >= 11 is 0. The molecule has 0 spiro atoms. The van der Waals surface area contributed by atoms with E-state index < -0.39 is 5.60 Å². The molecule has 1 amide bonds. The first-order valence-corrected chi connectivity index (χ1v) is 18.2. The standard InChI is InChI=1S/C39H48N6O4/c1-38(2,3)49-37(47)43-22-27-10-6-11-28(23-43)45(27)35-31-13-18-42(34-20-29(46)19-26-9-4-5-12-30(26)34)24-33(31)32(21-40)36(41-35)48-25-39-14-7-16-44(39)17-8-15-39/h4-5,9,12,19-20,27-28,46H,6-8,10-11,13-18,22-25H2,1-3H3/t27-,28+. The molecular formula is C39H48N6O4. The number of anilines is 2. The third-order valence-electron chi connectivity index (χ3n) is 11.5. The summed E-state index contributed by atoms with van der Waals surface area (Å²) < 4.78 is 12.5. The monoisotopic (exact) mass is 664 g/mol. The Morgan fingerprint density at radius 3 is 2.49 bits per heavy atom. The first kappa shape index (κ1) is 32.0. The maximum atomic E-state index is 13.2. The van der Waals surface area contributed by atoms with Crippen LogP contribution in [0.5, 0.6) is 11.6 Å². The second-order valence-corrected chi connectivity index (χ2v) is 15.8. The topological polar surface area (TPSA) is 105 Å². The average molecular weight is 665 g/mol. The summed E-state index contributed by atoms with van der Waals surface area (Å²) in [6.07, 6.45) is 8.05. The molecule has 0 radical (unpaired) electrons. The first-order chi connectivity index (χ1) is 23.6. The smallest absolute Gasteiger partial charge is 0.410 e. The van der Waals surface area contributed by atoms with Crippen LogP contribution in [0.25, 0.3) is 10.8 Å². The molecule has 2 atom stereocenters. The minimum absolute atomic E-state index is 0.0204. The van der Waals surface area contributed by atoms with Crippen molar-refractivity contribution in [2.75, 3.05) is 49.1 Å². The lowest BCUT2D eigenvalue weighted by molar-refractivity contribution is 0.0154. The Hall–Kier alpha value is -4.23. The number of amides is 1. The highest BCUT2D eigenvalue weighted by Gasteiger charge is 2.46. The summed E-state index contributed by atoms with van der Waals surface area (Å²) in [5.74, 6) is 1.57. The van der Waals surface area contributed by atoms with Gasteiger partial charge in [0.1, 0.15) is 35.4 Å². The van der Waals surface area contributed by atoms with Crippen molar-refractivity contribution in [1.82, 2.24) is 14.8 Å². The summed E-state index contributed by atoms with van der Waals surface area (Å²) in [7, 11) is 0. The number of benzene rings is 2. The number of pyridine rings is 1. The molecule has 6 heterocycles. The number of phenolic OH excluding ortho intramolecular Hbond substituents is 1. The number of carbonyl (C=O) groups excluding carboxylic acids is 1. The third-order valence-corrected chi connectivity index (χ3v) is 11.5. The predicted molar refractivity (Wildman–Crippen MR) is 189 cm³/mol. The third kappa shape index (κ3) is 5.80. The van der Waals surface area contributed by atoms with E-state index in [9.17, 15) is 15.2 Å². The maximum absolute atomic E-state index is 13.2. The maximum Gasteiger partial charge on any atom is 0.410 e. The summed E-state index contributed by atoms with van der Waals surface area (Å²) in [6, 6.07) is 14.5. The van der Waals surface area contributed by atoms with Gasteiger partial charge in [-0.3, -0.25) is 4.90 Å². The van der Waals surface area contributed by atoms with Crippen LogP contribution < -0.4 is 14.5 Å². The van der Waals surface area contributed by atoms with Crippen LogP contribution in [0.2, 0.25) is 0 Å². The second-order valence-electron chi connectivity index (χ2n) is 15.8. The number of piperidine rings is 1. The van der Waals surface area contributed by atoms with Gasteiger partial charge in [-0.2, -0.15) is 10.2 Å². The molecule has 258 valence electrons. The van der Waals surface area contributed by atoms with Crippen molar-refractivity contribution in [2.24, 2.45) is 0 Å². The fourth-order valence-electron chi connectivity index (χ4n) is 9.36. The highest BCUT2D eigenvalue weighted by atomic mass is 16.6. The summed E-state index contributed by atoms with van der Waals surface area (Å²) in [5.41, 5.74) is 3.01. The first-order valence-electron chi connectivity index (χ1n) is 18.2. The van der Waals surface area contributed by atoms with Crippen LogP contribution in [0.15, 0.2) is 36.4 Å². The number of piperazine rings is 1. The molecule has 8 rings (SSSR count). The van der Waals surface area contributed by atoms with E-state index in [0.29, 0.717) is 44.1 Å². The van der Waals surface area contributed by atoms with Crippen molar-refractivity contribution in [3.63, 3.8) is 0 Å². The molecule has 4 fully saturated rings. The second kappa shape index (κ2) is 12.3. The lowest BCUT2D eigenvalue weighted by Gasteiger charge is -2.51. The highest BCUT2D eigenvalue weighted by Crippen LogP contribution is 2.44. The molecule has 10 nitrogen and oxygen atoms in total. The Morgan fingerprint density at radius 1 is 1.04 bits per heavy atom. The summed E-state index contributed by atoms with van der Waals surface area (Å²) in [6.45, 7) is 10.9. The quantitative estimate of drug-likeness (QED) is 0.334. The molecule has 4 saturated heterocycles. The van der Waals surface area contributed by atoms with Gasteiger partial charge in [0, 0.05) is 66.5 Å². The van der Waals surface area contributed by atoms with Gasteiger partial charge < -0.3 is 29.3 Å². The molecule has 2 aromatic carbocycles. The molecule has 5 aliphatic rings. The van der Waals surface area contributed by atoms with Crippen molar-refractivity contribution < 1.29 is 19.4 Å². The molecule has 1 N–H and O–H groups in total. The van der Waals surface area contributed by atoms with Gasteiger partial charge in [0.25, 0.3) is 0 Å². The van der Waals surface area contributed by atoms with Gasteiger partial charge >= 0.3 is 6.09 Å². The Kier molecular flexibility index (Phi) is 8.02. The molecule has 0 unspecified atom stereocenters. The zero-order valence-electron chi connectivity index (χ0n) is 29.1. The lowest BCUT2D eigenvalue weighted by Crippen LogP contribution is -2.63. The van der Waals surface area contributed by atoms with Gasteiger partial charge in [0.2, 0.25) is 5.88 Å². The molecule has 5 aliphatic heterocycles. The number of fused-ring (bicyclic) bond motifs is 5. The molecule has 49 heavy (non-hydrogen) atoms.